The summed E-state index contributed by atoms with van der Waals surface area (Å²) in [4.78, 5) is 28.1. The Morgan fingerprint density at radius 1 is 1.26 bits per heavy atom. The fraction of sp³-hybridized carbons (Fsp3) is 0.278. The molecule has 1 amide bonds. The number of aromatic nitrogens is 3. The van der Waals surface area contributed by atoms with Crippen LogP contribution < -0.4 is 10.7 Å². The first-order chi connectivity index (χ1) is 14.9. The van der Waals surface area contributed by atoms with Crippen LogP contribution in [0.2, 0.25) is 5.02 Å². The van der Waals surface area contributed by atoms with Crippen molar-refractivity contribution in [3.8, 4) is 10.7 Å². The lowest BCUT2D eigenvalue weighted by Crippen LogP contribution is -2.49. The van der Waals surface area contributed by atoms with E-state index in [0.29, 0.717) is 47.9 Å². The molecule has 4 rings (SSSR count). The monoisotopic (exact) mass is 479 g/mol. The SMILES string of the molecule is Nn1c(SCC(=O)N2CCN(c3ccc(Cl)cc3[N+](=O)[O-])CC2)nnc1-c1cccs1. The van der Waals surface area contributed by atoms with Gasteiger partial charge in [-0.25, -0.2) is 4.68 Å². The lowest BCUT2D eigenvalue weighted by atomic mass is 10.2. The Balaban J connectivity index is 1.34. The minimum Gasteiger partial charge on any atom is -0.362 e. The average Bonchev–Trinajstić information content (AvgIpc) is 3.42. The third-order valence-electron chi connectivity index (χ3n) is 4.84. The first-order valence-electron chi connectivity index (χ1n) is 9.28. The molecule has 0 atom stereocenters. The topological polar surface area (TPSA) is 123 Å². The van der Waals surface area contributed by atoms with Gasteiger partial charge in [0.1, 0.15) is 5.69 Å². The van der Waals surface area contributed by atoms with E-state index < -0.39 is 4.92 Å². The molecule has 13 heteroatoms. The van der Waals surface area contributed by atoms with Crippen molar-refractivity contribution in [2.75, 3.05) is 42.7 Å². The molecule has 0 bridgehead atoms. The van der Waals surface area contributed by atoms with Crippen LogP contribution in [0.15, 0.2) is 40.9 Å². The molecule has 162 valence electrons. The highest BCUT2D eigenvalue weighted by atomic mass is 35.5. The summed E-state index contributed by atoms with van der Waals surface area (Å²) in [5.74, 6) is 6.77. The van der Waals surface area contributed by atoms with E-state index in [9.17, 15) is 14.9 Å². The van der Waals surface area contributed by atoms with Crippen LogP contribution in [0.4, 0.5) is 11.4 Å². The van der Waals surface area contributed by atoms with Gasteiger partial charge in [0.05, 0.1) is 15.6 Å². The molecule has 0 aliphatic carbocycles. The van der Waals surface area contributed by atoms with E-state index in [-0.39, 0.29) is 17.3 Å². The normalized spacial score (nSPS) is 14.1. The van der Waals surface area contributed by atoms with Crippen molar-refractivity contribution < 1.29 is 9.72 Å². The molecule has 1 aliphatic heterocycles. The predicted octanol–water partition coefficient (Wildman–Crippen LogP) is 2.72. The van der Waals surface area contributed by atoms with E-state index in [1.54, 1.807) is 17.0 Å². The maximum Gasteiger partial charge on any atom is 0.294 e. The van der Waals surface area contributed by atoms with E-state index in [0.717, 1.165) is 4.88 Å². The van der Waals surface area contributed by atoms with Gasteiger partial charge in [0.25, 0.3) is 5.69 Å². The Hall–Kier alpha value is -2.83. The van der Waals surface area contributed by atoms with Crippen LogP contribution in [0.25, 0.3) is 10.7 Å². The maximum absolute atomic E-state index is 12.6. The second kappa shape index (κ2) is 9.12. The van der Waals surface area contributed by atoms with Crippen molar-refractivity contribution in [3.05, 3.63) is 50.8 Å². The molecule has 0 spiro atoms. The summed E-state index contributed by atoms with van der Waals surface area (Å²) >= 11 is 8.64. The number of nitrogens with zero attached hydrogens (tertiary/aromatic N) is 6. The second-order valence-corrected chi connectivity index (χ2v) is 9.03. The number of hydrogen-bond donors (Lipinski definition) is 1. The van der Waals surface area contributed by atoms with Gasteiger partial charge in [-0.2, -0.15) is 0 Å². The fourth-order valence-electron chi connectivity index (χ4n) is 3.27. The van der Waals surface area contributed by atoms with Crippen molar-refractivity contribution in [2.24, 2.45) is 0 Å². The highest BCUT2D eigenvalue weighted by molar-refractivity contribution is 7.99. The van der Waals surface area contributed by atoms with Crippen LogP contribution in [-0.4, -0.2) is 62.5 Å². The Labute approximate surface area is 190 Å². The number of thiophene rings is 1. The summed E-state index contributed by atoms with van der Waals surface area (Å²) < 4.78 is 1.39. The highest BCUT2D eigenvalue weighted by Gasteiger charge is 2.26. The van der Waals surface area contributed by atoms with E-state index in [1.807, 2.05) is 22.4 Å². The molecule has 2 aromatic heterocycles. The van der Waals surface area contributed by atoms with Crippen molar-refractivity contribution in [3.63, 3.8) is 0 Å². The van der Waals surface area contributed by atoms with E-state index in [4.69, 9.17) is 17.4 Å². The number of amides is 1. The van der Waals surface area contributed by atoms with Crippen LogP contribution in [-0.2, 0) is 4.79 Å². The van der Waals surface area contributed by atoms with Crippen LogP contribution in [0.3, 0.4) is 0 Å². The third-order valence-corrected chi connectivity index (χ3v) is 6.87. The van der Waals surface area contributed by atoms with Crippen LogP contribution in [0.5, 0.6) is 0 Å². The van der Waals surface area contributed by atoms with Gasteiger partial charge in [0, 0.05) is 37.3 Å². The minimum absolute atomic E-state index is 0.0355. The summed E-state index contributed by atoms with van der Waals surface area (Å²) in [6.07, 6.45) is 0. The molecule has 3 heterocycles. The van der Waals surface area contributed by atoms with Crippen LogP contribution in [0, 0.1) is 10.1 Å². The first-order valence-corrected chi connectivity index (χ1v) is 11.5. The number of nitrogens with two attached hydrogens (primary N) is 1. The minimum atomic E-state index is -0.442. The predicted molar refractivity (Wildman–Crippen MR) is 121 cm³/mol. The Morgan fingerprint density at radius 3 is 2.71 bits per heavy atom. The number of carbonyl (C=O) groups is 1. The standard InChI is InChI=1S/C18H18ClN7O3S2/c19-12-3-4-13(14(10-12)26(28)29)23-5-7-24(8-6-23)16(27)11-31-18-22-21-17(25(18)20)15-2-1-9-30-15/h1-4,9-10H,5-8,11,20H2. The number of hydrogen-bond acceptors (Lipinski definition) is 9. The number of halogens is 1. The Kier molecular flexibility index (Phi) is 6.30. The number of nitro benzene ring substituents is 1. The smallest absolute Gasteiger partial charge is 0.294 e. The molecular weight excluding hydrogens is 462 g/mol. The molecule has 0 unspecified atom stereocenters. The van der Waals surface area contributed by atoms with E-state index >= 15 is 0 Å². The molecule has 0 radical (unpaired) electrons. The van der Waals surface area contributed by atoms with Crippen molar-refractivity contribution in [2.45, 2.75) is 5.16 Å². The number of nitro groups is 1. The molecule has 1 aliphatic rings. The number of thioether (sulfide) groups is 1. The van der Waals surface area contributed by atoms with Gasteiger partial charge in [0.2, 0.25) is 11.1 Å². The molecule has 10 nitrogen and oxygen atoms in total. The van der Waals surface area contributed by atoms with Crippen molar-refractivity contribution >= 4 is 52.0 Å². The van der Waals surface area contributed by atoms with Gasteiger partial charge in [0.15, 0.2) is 5.82 Å². The highest BCUT2D eigenvalue weighted by Crippen LogP contribution is 2.32. The zero-order chi connectivity index (χ0) is 22.0. The zero-order valence-electron chi connectivity index (χ0n) is 16.2. The molecule has 2 N–H and O–H groups in total. The fourth-order valence-corrected chi connectivity index (χ4v) is 4.90. The zero-order valence-corrected chi connectivity index (χ0v) is 18.6. The Bertz CT molecular complexity index is 1100. The number of carbonyl (C=O) groups excluding carboxylic acids is 1. The van der Waals surface area contributed by atoms with Gasteiger partial charge in [-0.05, 0) is 23.6 Å². The summed E-state index contributed by atoms with van der Waals surface area (Å²) in [6.45, 7) is 1.92. The van der Waals surface area contributed by atoms with E-state index in [2.05, 4.69) is 10.2 Å². The molecule has 1 aromatic carbocycles. The maximum atomic E-state index is 12.6. The number of rotatable bonds is 6. The summed E-state index contributed by atoms with van der Waals surface area (Å²) in [7, 11) is 0. The summed E-state index contributed by atoms with van der Waals surface area (Å²) in [6, 6.07) is 8.43. The summed E-state index contributed by atoms with van der Waals surface area (Å²) in [5.41, 5.74) is 0.472. The molecule has 3 aromatic rings. The van der Waals surface area contributed by atoms with E-state index in [1.165, 1.54) is 33.8 Å². The number of piperazine rings is 1. The van der Waals surface area contributed by atoms with Crippen LogP contribution >= 0.6 is 34.7 Å². The van der Waals surface area contributed by atoms with Gasteiger partial charge in [-0.3, -0.25) is 14.9 Å². The third kappa shape index (κ3) is 4.60. The van der Waals surface area contributed by atoms with Crippen LogP contribution in [0.1, 0.15) is 0 Å². The van der Waals surface area contributed by atoms with Gasteiger partial charge in [-0.15, -0.1) is 21.5 Å². The molecule has 1 saturated heterocycles. The molecule has 0 saturated carbocycles. The number of benzene rings is 1. The second-order valence-electron chi connectivity index (χ2n) is 6.70. The molecule has 1 fully saturated rings. The Morgan fingerprint density at radius 2 is 2.03 bits per heavy atom. The van der Waals surface area contributed by atoms with Gasteiger partial charge < -0.3 is 15.6 Å². The largest absolute Gasteiger partial charge is 0.362 e. The number of anilines is 1. The number of nitrogen functional groups attached to an aromatic ring is 1. The average molecular weight is 480 g/mol. The summed E-state index contributed by atoms with van der Waals surface area (Å²) in [5, 5.41) is 22.2. The van der Waals surface area contributed by atoms with Crippen molar-refractivity contribution in [1.82, 2.24) is 19.8 Å². The van der Waals surface area contributed by atoms with Gasteiger partial charge >= 0.3 is 0 Å². The lowest BCUT2D eigenvalue weighted by Gasteiger charge is -2.35. The quantitative estimate of drug-likeness (QED) is 0.248. The first kappa shape index (κ1) is 21.4. The lowest BCUT2D eigenvalue weighted by molar-refractivity contribution is -0.384. The van der Waals surface area contributed by atoms with Gasteiger partial charge in [-0.1, -0.05) is 29.4 Å². The van der Waals surface area contributed by atoms with Crippen molar-refractivity contribution in [1.29, 1.82) is 0 Å². The molecular formula is C18H18ClN7O3S2. The molecule has 31 heavy (non-hydrogen) atoms.